The predicted octanol–water partition coefficient (Wildman–Crippen LogP) is 2.80. The first-order valence-electron chi connectivity index (χ1n) is 6.02. The smallest absolute Gasteiger partial charge is 0.0194 e. The molecule has 1 nitrogen and oxygen atoms in total. The Morgan fingerprint density at radius 1 is 1.25 bits per heavy atom. The van der Waals surface area contributed by atoms with E-state index in [1.165, 1.54) is 34.6 Å². The van der Waals surface area contributed by atoms with Crippen molar-refractivity contribution in [3.63, 3.8) is 0 Å². The van der Waals surface area contributed by atoms with Crippen molar-refractivity contribution in [3.8, 4) is 0 Å². The summed E-state index contributed by atoms with van der Waals surface area (Å²) in [5, 5.41) is 3.44. The van der Waals surface area contributed by atoms with Gasteiger partial charge >= 0.3 is 0 Å². The van der Waals surface area contributed by atoms with E-state index in [0.717, 1.165) is 5.92 Å². The minimum Gasteiger partial charge on any atom is -0.316 e. The van der Waals surface area contributed by atoms with Crippen molar-refractivity contribution < 1.29 is 0 Å². The van der Waals surface area contributed by atoms with Gasteiger partial charge in [0.2, 0.25) is 0 Å². The third kappa shape index (κ3) is 2.61. The molecule has 2 heteroatoms. The molecule has 0 spiro atoms. The molecule has 1 aromatic carbocycles. The third-order valence-electron chi connectivity index (χ3n) is 3.64. The average molecular weight is 235 g/mol. The summed E-state index contributed by atoms with van der Waals surface area (Å²) in [6.07, 6.45) is 1.22. The molecule has 2 rings (SSSR count). The lowest BCUT2D eigenvalue weighted by Crippen LogP contribution is -2.33. The lowest BCUT2D eigenvalue weighted by molar-refractivity contribution is 0.453. The van der Waals surface area contributed by atoms with Crippen LogP contribution in [0.25, 0.3) is 0 Å². The van der Waals surface area contributed by atoms with E-state index in [2.05, 4.69) is 56.2 Å². The molecule has 2 unspecified atom stereocenters. The molecule has 0 saturated carbocycles. The van der Waals surface area contributed by atoms with E-state index in [1.807, 2.05) is 0 Å². The summed E-state index contributed by atoms with van der Waals surface area (Å²) >= 11 is 2.08. The van der Waals surface area contributed by atoms with E-state index in [1.54, 1.807) is 0 Å². The van der Waals surface area contributed by atoms with Crippen LogP contribution in [-0.2, 0) is 6.42 Å². The van der Waals surface area contributed by atoms with Crippen LogP contribution < -0.4 is 5.32 Å². The summed E-state index contributed by atoms with van der Waals surface area (Å²) < 4.78 is 0. The second-order valence-corrected chi connectivity index (χ2v) is 5.89. The van der Waals surface area contributed by atoms with Gasteiger partial charge < -0.3 is 5.32 Å². The van der Waals surface area contributed by atoms with Gasteiger partial charge in [-0.25, -0.2) is 0 Å². The van der Waals surface area contributed by atoms with Crippen LogP contribution in [0.2, 0.25) is 0 Å². The topological polar surface area (TPSA) is 12.0 Å². The number of thioether (sulfide) groups is 1. The first kappa shape index (κ1) is 12.0. The molecule has 1 heterocycles. The van der Waals surface area contributed by atoms with Crippen molar-refractivity contribution >= 4 is 11.8 Å². The fraction of sp³-hybridized carbons (Fsp3) is 0.571. The van der Waals surface area contributed by atoms with Gasteiger partial charge in [0.05, 0.1) is 0 Å². The van der Waals surface area contributed by atoms with Crippen molar-refractivity contribution in [3.05, 3.63) is 34.9 Å². The Hall–Kier alpha value is -0.470. The Bertz CT molecular complexity index is 362. The summed E-state index contributed by atoms with van der Waals surface area (Å²) in [5.41, 5.74) is 4.31. The van der Waals surface area contributed by atoms with E-state index in [0.29, 0.717) is 6.04 Å². The van der Waals surface area contributed by atoms with Gasteiger partial charge in [-0.3, -0.25) is 0 Å². The van der Waals surface area contributed by atoms with Crippen LogP contribution in [0.3, 0.4) is 0 Å². The second-order valence-electron chi connectivity index (χ2n) is 4.82. The molecule has 0 aromatic heterocycles. The molecule has 1 N–H and O–H groups in total. The van der Waals surface area contributed by atoms with E-state index < -0.39 is 0 Å². The Morgan fingerprint density at radius 2 is 2.06 bits per heavy atom. The molecule has 88 valence electrons. The largest absolute Gasteiger partial charge is 0.316 e. The maximum absolute atomic E-state index is 3.44. The molecule has 1 saturated heterocycles. The Balaban J connectivity index is 2.05. The first-order chi connectivity index (χ1) is 7.70. The molecule has 16 heavy (non-hydrogen) atoms. The number of rotatable bonds is 3. The van der Waals surface area contributed by atoms with Crippen LogP contribution in [0.4, 0.5) is 0 Å². The number of hydrogen-bond acceptors (Lipinski definition) is 2. The van der Waals surface area contributed by atoms with E-state index in [-0.39, 0.29) is 0 Å². The molecule has 1 aliphatic heterocycles. The van der Waals surface area contributed by atoms with Gasteiger partial charge in [-0.1, -0.05) is 18.2 Å². The Kier molecular flexibility index (Phi) is 3.93. The van der Waals surface area contributed by atoms with Crippen molar-refractivity contribution in [1.29, 1.82) is 0 Å². The highest BCUT2D eigenvalue weighted by atomic mass is 32.2. The molecule has 0 radical (unpaired) electrons. The molecule has 2 atom stereocenters. The summed E-state index contributed by atoms with van der Waals surface area (Å²) in [7, 11) is 2.09. The summed E-state index contributed by atoms with van der Waals surface area (Å²) in [4.78, 5) is 0. The average Bonchev–Trinajstić information content (AvgIpc) is 2.71. The van der Waals surface area contributed by atoms with E-state index in [9.17, 15) is 0 Å². The zero-order valence-corrected chi connectivity index (χ0v) is 11.2. The van der Waals surface area contributed by atoms with Gasteiger partial charge in [0, 0.05) is 11.8 Å². The fourth-order valence-corrected chi connectivity index (χ4v) is 3.83. The van der Waals surface area contributed by atoms with Crippen molar-refractivity contribution in [1.82, 2.24) is 5.32 Å². The maximum atomic E-state index is 3.44. The van der Waals surface area contributed by atoms with Crippen molar-refractivity contribution in [2.24, 2.45) is 5.92 Å². The van der Waals surface area contributed by atoms with Crippen molar-refractivity contribution in [2.45, 2.75) is 26.3 Å². The quantitative estimate of drug-likeness (QED) is 0.864. The van der Waals surface area contributed by atoms with Crippen LogP contribution in [0.1, 0.15) is 16.7 Å². The highest BCUT2D eigenvalue weighted by Crippen LogP contribution is 2.27. The van der Waals surface area contributed by atoms with Crippen LogP contribution in [-0.4, -0.2) is 24.6 Å². The first-order valence-corrected chi connectivity index (χ1v) is 7.17. The molecule has 1 aliphatic rings. The molecule has 0 amide bonds. The zero-order valence-electron chi connectivity index (χ0n) is 10.4. The standard InChI is InChI=1S/C14H21NS/c1-10-4-5-12(6-11(10)2)7-13-8-16-9-14(13)15-3/h4-6,13-15H,7-9H2,1-3H3. The fourth-order valence-electron chi connectivity index (χ4n) is 2.35. The van der Waals surface area contributed by atoms with Crippen molar-refractivity contribution in [2.75, 3.05) is 18.6 Å². The minimum absolute atomic E-state index is 0.701. The van der Waals surface area contributed by atoms with E-state index >= 15 is 0 Å². The highest BCUT2D eigenvalue weighted by molar-refractivity contribution is 7.99. The molecule has 1 fully saturated rings. The lowest BCUT2D eigenvalue weighted by atomic mass is 9.93. The van der Waals surface area contributed by atoms with Gasteiger partial charge in [-0.2, -0.15) is 11.8 Å². The lowest BCUT2D eigenvalue weighted by Gasteiger charge is -2.18. The van der Waals surface area contributed by atoms with Gasteiger partial charge in [-0.05, 0) is 55.7 Å². The highest BCUT2D eigenvalue weighted by Gasteiger charge is 2.26. The number of benzene rings is 1. The third-order valence-corrected chi connectivity index (χ3v) is 4.90. The Morgan fingerprint density at radius 3 is 2.75 bits per heavy atom. The molecule has 0 bridgehead atoms. The zero-order chi connectivity index (χ0) is 11.5. The Labute approximate surface area is 103 Å². The van der Waals surface area contributed by atoms with Crippen LogP contribution in [0.5, 0.6) is 0 Å². The molecule has 0 aliphatic carbocycles. The van der Waals surface area contributed by atoms with Gasteiger partial charge in [-0.15, -0.1) is 0 Å². The van der Waals surface area contributed by atoms with Crippen LogP contribution in [0.15, 0.2) is 18.2 Å². The molecular formula is C14H21NS. The predicted molar refractivity (Wildman–Crippen MR) is 73.3 cm³/mol. The SMILES string of the molecule is CNC1CSCC1Cc1ccc(C)c(C)c1. The number of aryl methyl sites for hydroxylation is 2. The normalized spacial score (nSPS) is 24.9. The van der Waals surface area contributed by atoms with E-state index in [4.69, 9.17) is 0 Å². The molecular weight excluding hydrogens is 214 g/mol. The minimum atomic E-state index is 0.701. The maximum Gasteiger partial charge on any atom is 0.0194 e. The van der Waals surface area contributed by atoms with Gasteiger partial charge in [0.1, 0.15) is 0 Å². The number of hydrogen-bond donors (Lipinski definition) is 1. The summed E-state index contributed by atoms with van der Waals surface area (Å²) in [6.45, 7) is 4.39. The van der Waals surface area contributed by atoms with Crippen LogP contribution >= 0.6 is 11.8 Å². The van der Waals surface area contributed by atoms with Crippen LogP contribution in [0, 0.1) is 19.8 Å². The monoisotopic (exact) mass is 235 g/mol. The summed E-state index contributed by atoms with van der Waals surface area (Å²) in [5.74, 6) is 3.38. The second kappa shape index (κ2) is 5.24. The van der Waals surface area contributed by atoms with Gasteiger partial charge in [0.15, 0.2) is 0 Å². The number of nitrogens with one attached hydrogen (secondary N) is 1. The molecule has 1 aromatic rings. The summed E-state index contributed by atoms with van der Waals surface area (Å²) in [6, 6.07) is 7.59. The van der Waals surface area contributed by atoms with Gasteiger partial charge in [0.25, 0.3) is 0 Å².